The molecule has 0 aliphatic carbocycles. The molecule has 0 unspecified atom stereocenters. The molecule has 0 aliphatic rings. The van der Waals surface area contributed by atoms with Crippen LogP contribution >= 0.6 is 11.8 Å². The molecule has 0 saturated heterocycles. The summed E-state index contributed by atoms with van der Waals surface area (Å²) in [5, 5.41) is 3.40. The van der Waals surface area contributed by atoms with E-state index >= 15 is 0 Å². The molecule has 0 radical (unpaired) electrons. The lowest BCUT2D eigenvalue weighted by Gasteiger charge is -2.01. The van der Waals surface area contributed by atoms with Gasteiger partial charge in [0, 0.05) is 28.6 Å². The Labute approximate surface area is 161 Å². The van der Waals surface area contributed by atoms with Crippen LogP contribution in [0.3, 0.4) is 0 Å². The Hall–Kier alpha value is -3.01. The monoisotopic (exact) mass is 406 g/mol. The number of aromatic nitrogens is 4. The van der Waals surface area contributed by atoms with Gasteiger partial charge in [-0.3, -0.25) is 0 Å². The van der Waals surface area contributed by atoms with Crippen molar-refractivity contribution in [1.29, 1.82) is 0 Å². The number of pyridine rings is 1. The van der Waals surface area contributed by atoms with Gasteiger partial charge in [-0.25, -0.2) is 4.98 Å². The summed E-state index contributed by atoms with van der Waals surface area (Å²) in [5.41, 5.74) is 1.91. The second-order valence-corrected chi connectivity index (χ2v) is 6.85. The lowest BCUT2D eigenvalue weighted by Crippen LogP contribution is -2.04. The molecule has 0 spiro atoms. The van der Waals surface area contributed by atoms with Gasteiger partial charge >= 0.3 is 12.1 Å². The Morgan fingerprint density at radius 1 is 1.07 bits per heavy atom. The minimum atomic E-state index is -4.67. The number of halogens is 3. The van der Waals surface area contributed by atoms with E-state index in [9.17, 15) is 13.2 Å². The number of ether oxygens (including phenoxy) is 1. The first-order chi connectivity index (χ1) is 13.4. The maximum absolute atomic E-state index is 12.6. The van der Waals surface area contributed by atoms with Crippen LogP contribution in [-0.2, 0) is 11.9 Å². The van der Waals surface area contributed by atoms with Gasteiger partial charge in [0.05, 0.1) is 12.8 Å². The Morgan fingerprint density at radius 3 is 2.54 bits per heavy atom. The van der Waals surface area contributed by atoms with E-state index in [1.165, 1.54) is 0 Å². The number of rotatable bonds is 5. The summed E-state index contributed by atoms with van der Waals surface area (Å²) < 4.78 is 49.0. The van der Waals surface area contributed by atoms with Crippen molar-refractivity contribution in [2.45, 2.75) is 16.8 Å². The van der Waals surface area contributed by atoms with E-state index in [0.717, 1.165) is 16.3 Å². The van der Waals surface area contributed by atoms with Crippen molar-refractivity contribution in [2.24, 2.45) is 0 Å². The van der Waals surface area contributed by atoms with Crippen LogP contribution in [0.25, 0.3) is 17.0 Å². The lowest BCUT2D eigenvalue weighted by atomic mass is 10.3. The third-order valence-electron chi connectivity index (χ3n) is 3.87. The van der Waals surface area contributed by atoms with E-state index in [-0.39, 0.29) is 5.82 Å². The van der Waals surface area contributed by atoms with E-state index in [4.69, 9.17) is 4.74 Å². The molecule has 0 amide bonds. The fourth-order valence-corrected chi connectivity index (χ4v) is 3.31. The number of alkyl halides is 3. The number of thioether (sulfide) groups is 1. The number of hydrogen-bond acceptors (Lipinski definition) is 6. The molecular formula is C18H13F3N4O2S. The van der Waals surface area contributed by atoms with Gasteiger partial charge < -0.3 is 13.7 Å². The Kier molecular flexibility index (Phi) is 4.71. The molecule has 0 bridgehead atoms. The molecule has 3 aromatic heterocycles. The van der Waals surface area contributed by atoms with Crippen molar-refractivity contribution in [1.82, 2.24) is 19.5 Å². The summed E-state index contributed by atoms with van der Waals surface area (Å²) in [6.45, 7) is 0. The molecule has 144 valence electrons. The molecule has 0 N–H and O–H groups in total. The van der Waals surface area contributed by atoms with Gasteiger partial charge in [0.2, 0.25) is 5.82 Å². The van der Waals surface area contributed by atoms with Gasteiger partial charge in [0.15, 0.2) is 0 Å². The molecule has 0 fully saturated rings. The third-order valence-corrected chi connectivity index (χ3v) is 4.92. The molecule has 0 atom stereocenters. The second-order valence-electron chi connectivity index (χ2n) is 5.80. The van der Waals surface area contributed by atoms with Crippen LogP contribution in [0.4, 0.5) is 13.2 Å². The summed E-state index contributed by atoms with van der Waals surface area (Å²) in [6, 6.07) is 11.0. The average Bonchev–Trinajstić information content (AvgIpc) is 3.32. The Balaban J connectivity index is 1.52. The predicted molar refractivity (Wildman–Crippen MR) is 96.0 cm³/mol. The number of methoxy groups -OCH3 is 1. The van der Waals surface area contributed by atoms with Crippen LogP contribution in [0.2, 0.25) is 0 Å². The van der Waals surface area contributed by atoms with E-state index in [0.29, 0.717) is 17.0 Å². The zero-order valence-electron chi connectivity index (χ0n) is 14.5. The zero-order valence-corrected chi connectivity index (χ0v) is 15.3. The van der Waals surface area contributed by atoms with Gasteiger partial charge in [-0.2, -0.15) is 18.2 Å². The summed E-state index contributed by atoms with van der Waals surface area (Å²) in [6.07, 6.45) is -1.23. The second kappa shape index (κ2) is 7.19. The smallest absolute Gasteiger partial charge is 0.471 e. The molecule has 4 rings (SSSR count). The predicted octanol–water partition coefficient (Wildman–Crippen LogP) is 4.70. The van der Waals surface area contributed by atoms with Crippen molar-refractivity contribution in [2.75, 3.05) is 7.11 Å². The molecule has 3 heterocycles. The van der Waals surface area contributed by atoms with Crippen LogP contribution in [0, 0.1) is 0 Å². The van der Waals surface area contributed by atoms with Crippen molar-refractivity contribution in [3.63, 3.8) is 0 Å². The van der Waals surface area contributed by atoms with Gasteiger partial charge in [-0.15, -0.1) is 11.8 Å². The van der Waals surface area contributed by atoms with E-state index in [2.05, 4.69) is 19.6 Å². The number of nitrogens with zero attached hydrogens (tertiary/aromatic N) is 4. The fourth-order valence-electron chi connectivity index (χ4n) is 2.53. The molecule has 10 heteroatoms. The minimum Gasteiger partial charge on any atom is -0.497 e. The standard InChI is InChI=1S/C18H13F3N4O2S/c1-26-13-3-5-14(6-4-13)28-10-12-9-25-8-11(2-7-15(25)22-12)16-23-17(27-24-16)18(19,20)21/h2-9H,10H2,1H3. The summed E-state index contributed by atoms with van der Waals surface area (Å²) in [7, 11) is 1.62. The number of fused-ring (bicyclic) bond motifs is 1. The van der Waals surface area contributed by atoms with Gasteiger partial charge in [0.1, 0.15) is 11.4 Å². The summed E-state index contributed by atoms with van der Waals surface area (Å²) >= 11 is 1.62. The Bertz CT molecular complexity index is 1110. The molecule has 0 saturated carbocycles. The molecule has 28 heavy (non-hydrogen) atoms. The first-order valence-electron chi connectivity index (χ1n) is 8.08. The van der Waals surface area contributed by atoms with Gasteiger partial charge in [0.25, 0.3) is 0 Å². The fraction of sp³-hybridized carbons (Fsp3) is 0.167. The highest BCUT2D eigenvalue weighted by atomic mass is 32.2. The van der Waals surface area contributed by atoms with Gasteiger partial charge in [-0.1, -0.05) is 5.16 Å². The van der Waals surface area contributed by atoms with Crippen LogP contribution in [-0.4, -0.2) is 26.6 Å². The maximum atomic E-state index is 12.6. The highest BCUT2D eigenvalue weighted by Crippen LogP contribution is 2.30. The summed E-state index contributed by atoms with van der Waals surface area (Å²) in [5.74, 6) is -0.0642. The number of imidazole rings is 1. The highest BCUT2D eigenvalue weighted by molar-refractivity contribution is 7.98. The molecule has 6 nitrogen and oxygen atoms in total. The normalized spacial score (nSPS) is 11.9. The van der Waals surface area contributed by atoms with E-state index in [1.807, 2.05) is 30.5 Å². The highest BCUT2D eigenvalue weighted by Gasteiger charge is 2.38. The van der Waals surface area contributed by atoms with Crippen molar-refractivity contribution < 1.29 is 22.4 Å². The van der Waals surface area contributed by atoms with Crippen LogP contribution in [0.5, 0.6) is 5.75 Å². The first kappa shape index (κ1) is 18.4. The van der Waals surface area contributed by atoms with Crippen molar-refractivity contribution in [3.05, 3.63) is 60.4 Å². The third kappa shape index (κ3) is 3.81. The maximum Gasteiger partial charge on any atom is 0.471 e. The zero-order chi connectivity index (χ0) is 19.7. The SMILES string of the molecule is COc1ccc(SCc2cn3cc(-c4noc(C(F)(F)F)n4)ccc3n2)cc1. The largest absolute Gasteiger partial charge is 0.497 e. The minimum absolute atomic E-state index is 0.128. The van der Waals surface area contributed by atoms with Crippen LogP contribution in [0.15, 0.2) is 58.2 Å². The van der Waals surface area contributed by atoms with Gasteiger partial charge in [-0.05, 0) is 36.4 Å². The summed E-state index contributed by atoms with van der Waals surface area (Å²) in [4.78, 5) is 8.99. The van der Waals surface area contributed by atoms with Crippen LogP contribution < -0.4 is 4.74 Å². The number of benzene rings is 1. The van der Waals surface area contributed by atoms with Crippen molar-refractivity contribution in [3.8, 4) is 17.1 Å². The lowest BCUT2D eigenvalue weighted by molar-refractivity contribution is -0.159. The number of hydrogen-bond donors (Lipinski definition) is 0. The average molecular weight is 406 g/mol. The first-order valence-corrected chi connectivity index (χ1v) is 9.07. The molecule has 4 aromatic rings. The van der Waals surface area contributed by atoms with Crippen LogP contribution in [0.1, 0.15) is 11.6 Å². The molecule has 0 aliphatic heterocycles. The van der Waals surface area contributed by atoms with E-state index in [1.54, 1.807) is 41.6 Å². The van der Waals surface area contributed by atoms with Crippen molar-refractivity contribution >= 4 is 17.4 Å². The van der Waals surface area contributed by atoms with E-state index < -0.39 is 12.1 Å². The quantitative estimate of drug-likeness (QED) is 0.448. The molecular weight excluding hydrogens is 393 g/mol. The molecule has 1 aromatic carbocycles. The Morgan fingerprint density at radius 2 is 1.86 bits per heavy atom. The topological polar surface area (TPSA) is 65.5 Å².